The van der Waals surface area contributed by atoms with Crippen LogP contribution in [0.1, 0.15) is 61.0 Å². The van der Waals surface area contributed by atoms with Crippen molar-refractivity contribution in [2.45, 2.75) is 70.6 Å². The molecule has 0 N–H and O–H groups in total. The van der Waals surface area contributed by atoms with Crippen LogP contribution in [0.15, 0.2) is 28.9 Å². The molecular weight excluding hydrogens is 509 g/mol. The average molecular weight is 534 g/mol. The molecular formula is C24H25BrFN3O3S. The Hall–Kier alpha value is -2.26. The molecule has 0 saturated heterocycles. The van der Waals surface area contributed by atoms with E-state index in [0.717, 1.165) is 35.9 Å². The maximum absolute atomic E-state index is 14.3. The number of carbonyl (C=O) groups is 2. The Bertz CT molecular complexity index is 1260. The number of aryl methyl sites for hydroxylation is 1. The lowest BCUT2D eigenvalue weighted by Crippen LogP contribution is -2.44. The molecule has 1 aromatic carbocycles. The average Bonchev–Trinajstić information content (AvgIpc) is 3.37. The molecule has 0 aliphatic heterocycles. The molecule has 5 rings (SSSR count). The largest absolute Gasteiger partial charge is 0.442 e. The van der Waals surface area contributed by atoms with Gasteiger partial charge in [-0.15, -0.1) is 11.3 Å². The molecule has 1 unspecified atom stereocenters. The van der Waals surface area contributed by atoms with E-state index in [9.17, 15) is 14.0 Å². The number of halogens is 2. The molecule has 2 heterocycles. The molecule has 2 aliphatic carbocycles. The van der Waals surface area contributed by atoms with Crippen molar-refractivity contribution in [1.29, 1.82) is 0 Å². The van der Waals surface area contributed by atoms with Crippen LogP contribution in [0.25, 0.3) is 10.1 Å². The van der Waals surface area contributed by atoms with Gasteiger partial charge in [0.05, 0.1) is 10.4 Å². The highest BCUT2D eigenvalue weighted by Crippen LogP contribution is 2.41. The molecule has 2 aromatic heterocycles. The molecule has 1 saturated carbocycles. The van der Waals surface area contributed by atoms with Gasteiger partial charge in [-0.3, -0.25) is 4.79 Å². The number of benzene rings is 1. The Labute approximate surface area is 203 Å². The molecule has 0 radical (unpaired) electrons. The van der Waals surface area contributed by atoms with Crippen LogP contribution in [0, 0.1) is 5.82 Å². The maximum atomic E-state index is 14.3. The second-order valence-corrected chi connectivity index (χ2v) is 11.5. The standard InChI is InChI=1S/C24H25BrFN3O3S/c1-24(2,3)32-23(31)28-12-13-11-15(9-10-18(13)27-28)29(14-7-8-14)22(30)21-19(25)16-5-4-6-17(26)20(16)33-21/h4-6,12,14-15H,7-11H2,1-3H3. The fourth-order valence-electron chi connectivity index (χ4n) is 4.42. The Kier molecular flexibility index (Phi) is 5.60. The molecule has 1 atom stereocenters. The lowest BCUT2D eigenvalue weighted by molar-refractivity contribution is 0.0513. The number of hydrogen-bond donors (Lipinski definition) is 0. The first-order chi connectivity index (χ1) is 15.6. The molecule has 9 heteroatoms. The second kappa shape index (κ2) is 8.20. The predicted molar refractivity (Wildman–Crippen MR) is 128 cm³/mol. The fourth-order valence-corrected chi connectivity index (χ4v) is 6.33. The molecule has 0 bridgehead atoms. The van der Waals surface area contributed by atoms with Crippen LogP contribution in [0.2, 0.25) is 0 Å². The van der Waals surface area contributed by atoms with Gasteiger partial charge in [-0.1, -0.05) is 12.1 Å². The normalized spacial score (nSPS) is 18.3. The van der Waals surface area contributed by atoms with Crippen LogP contribution in [0.5, 0.6) is 0 Å². The van der Waals surface area contributed by atoms with Gasteiger partial charge < -0.3 is 9.64 Å². The van der Waals surface area contributed by atoms with Crippen molar-refractivity contribution in [3.8, 4) is 0 Å². The van der Waals surface area contributed by atoms with Gasteiger partial charge in [0.1, 0.15) is 16.3 Å². The molecule has 33 heavy (non-hydrogen) atoms. The van der Waals surface area contributed by atoms with Gasteiger partial charge in [0.2, 0.25) is 0 Å². The van der Waals surface area contributed by atoms with E-state index < -0.39 is 11.7 Å². The van der Waals surface area contributed by atoms with Crippen LogP contribution < -0.4 is 0 Å². The highest BCUT2D eigenvalue weighted by Gasteiger charge is 2.41. The van der Waals surface area contributed by atoms with Crippen molar-refractivity contribution in [1.82, 2.24) is 14.7 Å². The summed E-state index contributed by atoms with van der Waals surface area (Å²) in [6, 6.07) is 5.12. The second-order valence-electron chi connectivity index (χ2n) is 9.73. The molecule has 0 spiro atoms. The smallest absolute Gasteiger partial charge is 0.435 e. The fraction of sp³-hybridized carbons (Fsp3) is 0.458. The van der Waals surface area contributed by atoms with Crippen molar-refractivity contribution in [2.24, 2.45) is 0 Å². The topological polar surface area (TPSA) is 64.4 Å². The van der Waals surface area contributed by atoms with E-state index in [1.54, 1.807) is 12.3 Å². The molecule has 3 aromatic rings. The van der Waals surface area contributed by atoms with Gasteiger partial charge in [0, 0.05) is 28.1 Å². The Morgan fingerprint density at radius 1 is 1.24 bits per heavy atom. The molecule has 1 fully saturated rings. The number of aromatic nitrogens is 2. The van der Waals surface area contributed by atoms with E-state index >= 15 is 0 Å². The summed E-state index contributed by atoms with van der Waals surface area (Å²) in [5.74, 6) is -0.370. The SMILES string of the molecule is CC(C)(C)OC(=O)n1cc2c(n1)CCC(N(C(=O)c1sc3c(F)cccc3c1Br)C1CC1)C2. The minimum absolute atomic E-state index is 0.00995. The van der Waals surface area contributed by atoms with Crippen LogP contribution in [-0.2, 0) is 17.6 Å². The van der Waals surface area contributed by atoms with Gasteiger partial charge in [-0.05, 0) is 80.4 Å². The summed E-state index contributed by atoms with van der Waals surface area (Å²) in [5, 5.41) is 5.16. The van der Waals surface area contributed by atoms with E-state index in [0.29, 0.717) is 26.9 Å². The zero-order valence-electron chi connectivity index (χ0n) is 18.7. The first-order valence-electron chi connectivity index (χ1n) is 11.1. The van der Waals surface area contributed by atoms with Gasteiger partial charge in [-0.2, -0.15) is 9.78 Å². The van der Waals surface area contributed by atoms with E-state index in [-0.39, 0.29) is 23.8 Å². The number of hydrogen-bond acceptors (Lipinski definition) is 5. The van der Waals surface area contributed by atoms with Crippen LogP contribution in [0.4, 0.5) is 9.18 Å². The lowest BCUT2D eigenvalue weighted by atomic mass is 9.92. The van der Waals surface area contributed by atoms with E-state index in [4.69, 9.17) is 4.74 Å². The first kappa shape index (κ1) is 22.5. The monoisotopic (exact) mass is 533 g/mol. The minimum Gasteiger partial charge on any atom is -0.442 e. The zero-order valence-corrected chi connectivity index (χ0v) is 21.1. The maximum Gasteiger partial charge on any atom is 0.435 e. The van der Waals surface area contributed by atoms with Crippen molar-refractivity contribution < 1.29 is 18.7 Å². The van der Waals surface area contributed by atoms with Crippen molar-refractivity contribution in [3.05, 3.63) is 50.8 Å². The number of nitrogens with zero attached hydrogens (tertiary/aromatic N) is 3. The van der Waals surface area contributed by atoms with Gasteiger partial charge in [0.15, 0.2) is 0 Å². The third kappa shape index (κ3) is 4.33. The first-order valence-corrected chi connectivity index (χ1v) is 12.7. The summed E-state index contributed by atoms with van der Waals surface area (Å²) in [7, 11) is 0. The van der Waals surface area contributed by atoms with E-state index in [2.05, 4.69) is 21.0 Å². The number of fused-ring (bicyclic) bond motifs is 2. The quantitative estimate of drug-likeness (QED) is 0.417. The number of rotatable bonds is 3. The van der Waals surface area contributed by atoms with Crippen molar-refractivity contribution in [3.63, 3.8) is 0 Å². The van der Waals surface area contributed by atoms with Crippen LogP contribution in [0.3, 0.4) is 0 Å². The number of ether oxygens (including phenoxy) is 1. The van der Waals surface area contributed by atoms with Crippen molar-refractivity contribution in [2.75, 3.05) is 0 Å². The summed E-state index contributed by atoms with van der Waals surface area (Å²) >= 11 is 4.75. The number of carbonyl (C=O) groups excluding carboxylic acids is 2. The zero-order chi connectivity index (χ0) is 23.5. The van der Waals surface area contributed by atoms with Crippen molar-refractivity contribution >= 4 is 49.4 Å². The van der Waals surface area contributed by atoms with Gasteiger partial charge in [-0.25, -0.2) is 9.18 Å². The molecule has 6 nitrogen and oxygen atoms in total. The number of thiophene rings is 1. The number of amides is 1. The summed E-state index contributed by atoms with van der Waals surface area (Å²) in [4.78, 5) is 28.7. The lowest BCUT2D eigenvalue weighted by Gasteiger charge is -2.34. The summed E-state index contributed by atoms with van der Waals surface area (Å²) in [5.41, 5.74) is 1.25. The minimum atomic E-state index is -0.599. The third-order valence-corrected chi connectivity index (χ3v) is 8.29. The Balaban J connectivity index is 1.41. The molecule has 1 amide bonds. The molecule has 2 aliphatic rings. The van der Waals surface area contributed by atoms with Crippen LogP contribution in [-0.4, -0.2) is 44.4 Å². The predicted octanol–water partition coefficient (Wildman–Crippen LogP) is 5.94. The van der Waals surface area contributed by atoms with Crippen LogP contribution >= 0.6 is 27.3 Å². The highest BCUT2D eigenvalue weighted by atomic mass is 79.9. The van der Waals surface area contributed by atoms with Gasteiger partial charge >= 0.3 is 6.09 Å². The van der Waals surface area contributed by atoms with E-state index in [1.807, 2.05) is 31.7 Å². The van der Waals surface area contributed by atoms with E-state index in [1.165, 1.54) is 22.1 Å². The van der Waals surface area contributed by atoms with Gasteiger partial charge in [0.25, 0.3) is 5.91 Å². The summed E-state index contributed by atoms with van der Waals surface area (Å²) < 4.78 is 22.2. The Morgan fingerprint density at radius 3 is 2.67 bits per heavy atom. The summed E-state index contributed by atoms with van der Waals surface area (Å²) in [6.07, 6.45) is 5.28. The summed E-state index contributed by atoms with van der Waals surface area (Å²) in [6.45, 7) is 5.46. The highest BCUT2D eigenvalue weighted by molar-refractivity contribution is 9.10. The Morgan fingerprint density at radius 2 is 2.00 bits per heavy atom. The third-order valence-electron chi connectivity index (χ3n) is 6.00. The molecule has 174 valence electrons.